The van der Waals surface area contributed by atoms with Crippen molar-refractivity contribution in [3.63, 3.8) is 0 Å². The van der Waals surface area contributed by atoms with Crippen molar-refractivity contribution < 1.29 is 4.74 Å². The summed E-state index contributed by atoms with van der Waals surface area (Å²) in [7, 11) is 0. The molecule has 2 aromatic rings. The molecule has 0 aliphatic rings. The molecule has 0 bridgehead atoms. The van der Waals surface area contributed by atoms with Crippen LogP contribution in [0, 0.1) is 0 Å². The Bertz CT molecular complexity index is 572. The van der Waals surface area contributed by atoms with Crippen molar-refractivity contribution in [3.8, 4) is 5.75 Å². The van der Waals surface area contributed by atoms with E-state index in [4.69, 9.17) is 45.3 Å². The Morgan fingerprint density at radius 2 is 1.67 bits per heavy atom. The Labute approximate surface area is 120 Å². The number of hydrogen-bond donors (Lipinski definition) is 1. The van der Waals surface area contributed by atoms with Crippen LogP contribution >= 0.6 is 34.8 Å². The lowest BCUT2D eigenvalue weighted by Gasteiger charge is -2.09. The van der Waals surface area contributed by atoms with Crippen LogP contribution in [0.4, 0.5) is 5.69 Å². The Morgan fingerprint density at radius 3 is 2.39 bits per heavy atom. The first-order valence-corrected chi connectivity index (χ1v) is 6.31. The fraction of sp³-hybridized carbons (Fsp3) is 0.0769. The molecule has 2 N–H and O–H groups in total. The van der Waals surface area contributed by atoms with E-state index in [2.05, 4.69) is 0 Å². The second-order valence-corrected chi connectivity index (χ2v) is 4.97. The maximum atomic E-state index is 5.99. The van der Waals surface area contributed by atoms with Crippen LogP contribution in [0.25, 0.3) is 0 Å². The van der Waals surface area contributed by atoms with E-state index in [0.717, 1.165) is 5.56 Å². The summed E-state index contributed by atoms with van der Waals surface area (Å²) in [5.41, 5.74) is 7.14. The molecule has 0 aromatic heterocycles. The van der Waals surface area contributed by atoms with Gasteiger partial charge in [-0.1, -0.05) is 40.9 Å². The summed E-state index contributed by atoms with van der Waals surface area (Å²) in [6, 6.07) is 10.4. The number of rotatable bonds is 3. The zero-order chi connectivity index (χ0) is 13.1. The molecular weight excluding hydrogens is 293 g/mol. The molecule has 2 aromatic carbocycles. The van der Waals surface area contributed by atoms with Gasteiger partial charge >= 0.3 is 0 Å². The number of nitrogen functional groups attached to an aromatic ring is 1. The normalized spacial score (nSPS) is 10.4. The van der Waals surface area contributed by atoms with E-state index >= 15 is 0 Å². The van der Waals surface area contributed by atoms with Crippen LogP contribution in [0.2, 0.25) is 15.1 Å². The van der Waals surface area contributed by atoms with Gasteiger partial charge in [-0.15, -0.1) is 0 Å². The lowest BCUT2D eigenvalue weighted by Crippen LogP contribution is -1.97. The SMILES string of the molecule is Nc1cc(COc2cc(Cl)ccc2Cl)ccc1Cl. The summed E-state index contributed by atoms with van der Waals surface area (Å²) in [5.74, 6) is 0.540. The van der Waals surface area contributed by atoms with E-state index in [9.17, 15) is 0 Å². The minimum Gasteiger partial charge on any atom is -0.487 e. The molecule has 0 saturated carbocycles. The van der Waals surface area contributed by atoms with Gasteiger partial charge in [-0.2, -0.15) is 0 Å². The van der Waals surface area contributed by atoms with Gasteiger partial charge in [-0.25, -0.2) is 0 Å². The van der Waals surface area contributed by atoms with Crippen molar-refractivity contribution >= 4 is 40.5 Å². The summed E-state index contributed by atoms with van der Waals surface area (Å²) < 4.78 is 5.58. The van der Waals surface area contributed by atoms with Gasteiger partial charge in [0.15, 0.2) is 0 Å². The third-order valence-electron chi connectivity index (χ3n) is 2.35. The van der Waals surface area contributed by atoms with Crippen molar-refractivity contribution in [2.24, 2.45) is 0 Å². The zero-order valence-corrected chi connectivity index (χ0v) is 11.6. The Hall–Kier alpha value is -1.09. The Morgan fingerprint density at radius 1 is 0.944 bits per heavy atom. The number of hydrogen-bond acceptors (Lipinski definition) is 2. The monoisotopic (exact) mass is 301 g/mol. The van der Waals surface area contributed by atoms with Crippen LogP contribution in [-0.2, 0) is 6.61 Å². The number of halogens is 3. The van der Waals surface area contributed by atoms with E-state index in [1.807, 2.05) is 6.07 Å². The fourth-order valence-corrected chi connectivity index (χ4v) is 1.88. The predicted octanol–water partition coefficient (Wildman–Crippen LogP) is 4.81. The van der Waals surface area contributed by atoms with E-state index in [1.165, 1.54) is 0 Å². The van der Waals surface area contributed by atoms with Gasteiger partial charge in [0, 0.05) is 11.1 Å². The van der Waals surface area contributed by atoms with E-state index in [1.54, 1.807) is 30.3 Å². The van der Waals surface area contributed by atoms with Crippen molar-refractivity contribution in [2.45, 2.75) is 6.61 Å². The number of nitrogens with two attached hydrogens (primary N) is 1. The van der Waals surface area contributed by atoms with Crippen molar-refractivity contribution in [1.29, 1.82) is 0 Å². The van der Waals surface area contributed by atoms with E-state index in [0.29, 0.717) is 33.1 Å². The number of ether oxygens (including phenoxy) is 1. The van der Waals surface area contributed by atoms with Crippen molar-refractivity contribution in [3.05, 3.63) is 57.0 Å². The van der Waals surface area contributed by atoms with Gasteiger partial charge in [-0.3, -0.25) is 0 Å². The molecule has 0 aliphatic heterocycles. The lowest BCUT2D eigenvalue weighted by atomic mass is 10.2. The molecule has 0 saturated heterocycles. The lowest BCUT2D eigenvalue weighted by molar-refractivity contribution is 0.306. The molecule has 94 valence electrons. The van der Waals surface area contributed by atoms with Crippen molar-refractivity contribution in [2.75, 3.05) is 5.73 Å². The fourth-order valence-electron chi connectivity index (χ4n) is 1.43. The highest BCUT2D eigenvalue weighted by atomic mass is 35.5. The molecule has 0 amide bonds. The minimum atomic E-state index is 0.349. The summed E-state index contributed by atoms with van der Waals surface area (Å²) in [5, 5.41) is 1.62. The molecule has 0 unspecified atom stereocenters. The molecule has 0 radical (unpaired) electrons. The van der Waals surface area contributed by atoms with Crippen LogP contribution in [0.15, 0.2) is 36.4 Å². The first-order valence-electron chi connectivity index (χ1n) is 5.18. The highest BCUT2D eigenvalue weighted by molar-refractivity contribution is 6.34. The number of benzene rings is 2. The van der Waals surface area contributed by atoms with Crippen molar-refractivity contribution in [1.82, 2.24) is 0 Å². The first-order chi connectivity index (χ1) is 8.56. The van der Waals surface area contributed by atoms with Gasteiger partial charge in [0.2, 0.25) is 0 Å². The first kappa shape index (κ1) is 13.3. The second-order valence-electron chi connectivity index (χ2n) is 3.72. The summed E-state index contributed by atoms with van der Waals surface area (Å²) >= 11 is 17.7. The predicted molar refractivity (Wildman–Crippen MR) is 76.7 cm³/mol. The Balaban J connectivity index is 2.11. The highest BCUT2D eigenvalue weighted by Crippen LogP contribution is 2.29. The average Bonchev–Trinajstić information content (AvgIpc) is 2.34. The summed E-state index contributed by atoms with van der Waals surface area (Å²) in [6.45, 7) is 0.349. The zero-order valence-electron chi connectivity index (χ0n) is 9.29. The molecule has 0 fully saturated rings. The van der Waals surface area contributed by atoms with Gasteiger partial charge in [-0.05, 0) is 29.8 Å². The third-order valence-corrected chi connectivity index (χ3v) is 3.24. The molecule has 2 nitrogen and oxygen atoms in total. The van der Waals surface area contributed by atoms with Gasteiger partial charge < -0.3 is 10.5 Å². The third kappa shape index (κ3) is 3.22. The smallest absolute Gasteiger partial charge is 0.139 e. The van der Waals surface area contributed by atoms with Crippen LogP contribution in [0.5, 0.6) is 5.75 Å². The van der Waals surface area contributed by atoms with E-state index < -0.39 is 0 Å². The number of anilines is 1. The van der Waals surface area contributed by atoms with Crippen LogP contribution in [0.3, 0.4) is 0 Å². The van der Waals surface area contributed by atoms with Gasteiger partial charge in [0.1, 0.15) is 12.4 Å². The second kappa shape index (κ2) is 5.70. The van der Waals surface area contributed by atoms with E-state index in [-0.39, 0.29) is 0 Å². The maximum absolute atomic E-state index is 5.99. The minimum absolute atomic E-state index is 0.349. The molecule has 0 aliphatic carbocycles. The topological polar surface area (TPSA) is 35.2 Å². The largest absolute Gasteiger partial charge is 0.487 e. The summed E-state index contributed by atoms with van der Waals surface area (Å²) in [4.78, 5) is 0. The maximum Gasteiger partial charge on any atom is 0.139 e. The van der Waals surface area contributed by atoms with Gasteiger partial charge in [0.25, 0.3) is 0 Å². The summed E-state index contributed by atoms with van der Waals surface area (Å²) in [6.07, 6.45) is 0. The quantitative estimate of drug-likeness (QED) is 0.826. The molecule has 5 heteroatoms. The highest BCUT2D eigenvalue weighted by Gasteiger charge is 2.04. The van der Waals surface area contributed by atoms with Crippen LogP contribution < -0.4 is 10.5 Å². The average molecular weight is 303 g/mol. The molecule has 2 rings (SSSR count). The standard InChI is InChI=1S/C13H10Cl3NO/c14-9-2-4-11(16)13(6-9)18-7-8-1-3-10(15)12(17)5-8/h1-6H,7,17H2. The molecule has 18 heavy (non-hydrogen) atoms. The van der Waals surface area contributed by atoms with Gasteiger partial charge in [0.05, 0.1) is 15.7 Å². The van der Waals surface area contributed by atoms with Crippen LogP contribution in [0.1, 0.15) is 5.56 Å². The van der Waals surface area contributed by atoms with Crippen LogP contribution in [-0.4, -0.2) is 0 Å². The Kier molecular flexibility index (Phi) is 4.23. The molecule has 0 heterocycles. The molecule has 0 atom stereocenters. The molecular formula is C13H10Cl3NO. The molecule has 0 spiro atoms.